The zero-order valence-corrected chi connectivity index (χ0v) is 12.8. The Balaban J connectivity index is 2.03. The summed E-state index contributed by atoms with van der Waals surface area (Å²) in [6.07, 6.45) is 3.45. The summed E-state index contributed by atoms with van der Waals surface area (Å²) in [4.78, 5) is 8.94. The lowest BCUT2D eigenvalue weighted by Gasteiger charge is -2.13. The molecule has 0 radical (unpaired) electrons. The third-order valence-electron chi connectivity index (χ3n) is 3.37. The molecule has 0 aliphatic rings. The summed E-state index contributed by atoms with van der Waals surface area (Å²) in [7, 11) is 0. The van der Waals surface area contributed by atoms with Crippen LogP contribution in [-0.2, 0) is 0 Å². The van der Waals surface area contributed by atoms with Crippen LogP contribution in [0.15, 0.2) is 67.0 Å². The average Bonchev–Trinajstić information content (AvgIpc) is 2.56. The van der Waals surface area contributed by atoms with Crippen molar-refractivity contribution in [3.63, 3.8) is 0 Å². The van der Waals surface area contributed by atoms with E-state index in [0.717, 1.165) is 17.1 Å². The highest BCUT2D eigenvalue weighted by Crippen LogP contribution is 2.28. The summed E-state index contributed by atoms with van der Waals surface area (Å²) < 4.78 is 0. The van der Waals surface area contributed by atoms with Gasteiger partial charge in [0.2, 0.25) is 0 Å². The van der Waals surface area contributed by atoms with Gasteiger partial charge in [0.05, 0.1) is 0 Å². The van der Waals surface area contributed by atoms with E-state index in [9.17, 15) is 0 Å². The van der Waals surface area contributed by atoms with Gasteiger partial charge < -0.3 is 5.32 Å². The molecule has 0 bridgehead atoms. The normalized spacial score (nSPS) is 10.7. The van der Waals surface area contributed by atoms with Crippen LogP contribution in [0.3, 0.4) is 0 Å². The van der Waals surface area contributed by atoms with Gasteiger partial charge >= 0.3 is 0 Å². The summed E-state index contributed by atoms with van der Waals surface area (Å²) in [5.41, 5.74) is 4.33. The van der Waals surface area contributed by atoms with Crippen LogP contribution in [0, 0.1) is 0 Å². The van der Waals surface area contributed by atoms with Gasteiger partial charge in [0.25, 0.3) is 0 Å². The monoisotopic (exact) mass is 289 g/mol. The van der Waals surface area contributed by atoms with Crippen LogP contribution in [0.1, 0.15) is 13.8 Å². The first-order valence-corrected chi connectivity index (χ1v) is 7.47. The molecule has 3 nitrogen and oxygen atoms in total. The molecule has 0 aliphatic carbocycles. The molecule has 0 amide bonds. The minimum absolute atomic E-state index is 0.313. The maximum Gasteiger partial charge on any atom is 0.152 e. The van der Waals surface area contributed by atoms with Gasteiger partial charge in [-0.15, -0.1) is 0 Å². The molecule has 3 heteroatoms. The Hall–Kier alpha value is -2.68. The van der Waals surface area contributed by atoms with Crippen LogP contribution >= 0.6 is 0 Å². The minimum Gasteiger partial charge on any atom is -0.366 e. The molecule has 2 aromatic carbocycles. The standard InChI is InChI=1S/C19H19N3/c1-14(2)22-19-18(20-11-12-21-19)17-10-6-9-16(13-17)15-7-4-3-5-8-15/h3-14H,1-2H3,(H,21,22). The summed E-state index contributed by atoms with van der Waals surface area (Å²) in [6.45, 7) is 4.19. The van der Waals surface area contributed by atoms with Crippen LogP contribution < -0.4 is 5.32 Å². The molecule has 0 saturated heterocycles. The van der Waals surface area contributed by atoms with Crippen molar-refractivity contribution in [1.29, 1.82) is 0 Å². The number of hydrogen-bond donors (Lipinski definition) is 1. The number of nitrogens with one attached hydrogen (secondary N) is 1. The van der Waals surface area contributed by atoms with E-state index in [1.807, 2.05) is 6.07 Å². The SMILES string of the molecule is CC(C)Nc1nccnc1-c1cccc(-c2ccccc2)c1. The van der Waals surface area contributed by atoms with Gasteiger partial charge in [-0.2, -0.15) is 0 Å². The second-order valence-electron chi connectivity index (χ2n) is 5.50. The number of hydrogen-bond acceptors (Lipinski definition) is 3. The van der Waals surface area contributed by atoms with E-state index in [-0.39, 0.29) is 0 Å². The number of aromatic nitrogens is 2. The molecule has 1 N–H and O–H groups in total. The van der Waals surface area contributed by atoms with E-state index in [1.165, 1.54) is 11.1 Å². The van der Waals surface area contributed by atoms with Gasteiger partial charge in [-0.25, -0.2) is 4.98 Å². The molecule has 0 fully saturated rings. The molecule has 110 valence electrons. The number of nitrogens with zero attached hydrogens (tertiary/aromatic N) is 2. The molecule has 0 saturated carbocycles. The smallest absolute Gasteiger partial charge is 0.152 e. The lowest BCUT2D eigenvalue weighted by molar-refractivity contribution is 0.887. The molecule has 0 aliphatic heterocycles. The van der Waals surface area contributed by atoms with Crippen LogP contribution in [0.4, 0.5) is 5.82 Å². The van der Waals surface area contributed by atoms with E-state index in [4.69, 9.17) is 0 Å². The maximum absolute atomic E-state index is 4.51. The topological polar surface area (TPSA) is 37.8 Å². The third kappa shape index (κ3) is 3.14. The number of benzene rings is 2. The summed E-state index contributed by atoms with van der Waals surface area (Å²) in [6, 6.07) is 19.1. The van der Waals surface area contributed by atoms with E-state index < -0.39 is 0 Å². The van der Waals surface area contributed by atoms with Crippen molar-refractivity contribution in [3.05, 3.63) is 67.0 Å². The lowest BCUT2D eigenvalue weighted by atomic mass is 10.0. The highest BCUT2D eigenvalue weighted by atomic mass is 15.0. The molecular weight excluding hydrogens is 270 g/mol. The molecule has 3 aromatic rings. The first-order chi connectivity index (χ1) is 10.7. The Labute approximate surface area is 131 Å². The first-order valence-electron chi connectivity index (χ1n) is 7.47. The van der Waals surface area contributed by atoms with E-state index in [2.05, 4.69) is 77.7 Å². The van der Waals surface area contributed by atoms with Gasteiger partial charge in [0, 0.05) is 24.0 Å². The Bertz CT molecular complexity index is 751. The number of anilines is 1. The summed E-state index contributed by atoms with van der Waals surface area (Å²) >= 11 is 0. The highest BCUT2D eigenvalue weighted by molar-refractivity contribution is 5.76. The van der Waals surface area contributed by atoms with Gasteiger partial charge in [0.15, 0.2) is 5.82 Å². The van der Waals surface area contributed by atoms with E-state index >= 15 is 0 Å². The van der Waals surface area contributed by atoms with Crippen molar-refractivity contribution in [2.24, 2.45) is 0 Å². The molecular formula is C19H19N3. The molecule has 0 unspecified atom stereocenters. The third-order valence-corrected chi connectivity index (χ3v) is 3.37. The quantitative estimate of drug-likeness (QED) is 0.761. The summed E-state index contributed by atoms with van der Waals surface area (Å²) in [5, 5.41) is 3.36. The minimum atomic E-state index is 0.313. The van der Waals surface area contributed by atoms with Gasteiger partial charge in [-0.1, -0.05) is 48.5 Å². The van der Waals surface area contributed by atoms with Gasteiger partial charge in [0.1, 0.15) is 5.69 Å². The fraction of sp³-hybridized carbons (Fsp3) is 0.158. The van der Waals surface area contributed by atoms with Gasteiger partial charge in [-0.3, -0.25) is 4.98 Å². The zero-order valence-electron chi connectivity index (χ0n) is 12.8. The summed E-state index contributed by atoms with van der Waals surface area (Å²) in [5.74, 6) is 0.822. The van der Waals surface area contributed by atoms with Crippen molar-refractivity contribution >= 4 is 5.82 Å². The van der Waals surface area contributed by atoms with Gasteiger partial charge in [-0.05, 0) is 31.0 Å². The van der Waals surface area contributed by atoms with Crippen molar-refractivity contribution in [2.75, 3.05) is 5.32 Å². The zero-order chi connectivity index (χ0) is 15.4. The van der Waals surface area contributed by atoms with Crippen LogP contribution in [0.5, 0.6) is 0 Å². The molecule has 1 aromatic heterocycles. The Morgan fingerprint density at radius 2 is 1.45 bits per heavy atom. The first kappa shape index (κ1) is 14.3. The predicted octanol–water partition coefficient (Wildman–Crippen LogP) is 4.63. The predicted molar refractivity (Wildman–Crippen MR) is 91.7 cm³/mol. The highest BCUT2D eigenvalue weighted by Gasteiger charge is 2.09. The average molecular weight is 289 g/mol. The van der Waals surface area contributed by atoms with Crippen LogP contribution in [0.25, 0.3) is 22.4 Å². The molecule has 3 rings (SSSR count). The largest absolute Gasteiger partial charge is 0.366 e. The van der Waals surface area contributed by atoms with Crippen molar-refractivity contribution < 1.29 is 0 Å². The fourth-order valence-electron chi connectivity index (χ4n) is 2.40. The fourth-order valence-corrected chi connectivity index (χ4v) is 2.40. The molecule has 0 atom stereocenters. The van der Waals surface area contributed by atoms with Crippen molar-refractivity contribution in [2.45, 2.75) is 19.9 Å². The van der Waals surface area contributed by atoms with Crippen molar-refractivity contribution in [3.8, 4) is 22.4 Å². The second-order valence-corrected chi connectivity index (χ2v) is 5.50. The maximum atomic E-state index is 4.51. The number of rotatable bonds is 4. The molecule has 0 spiro atoms. The Kier molecular flexibility index (Phi) is 4.15. The Morgan fingerprint density at radius 3 is 2.23 bits per heavy atom. The van der Waals surface area contributed by atoms with Crippen LogP contribution in [0.2, 0.25) is 0 Å². The molecule has 1 heterocycles. The lowest BCUT2D eigenvalue weighted by Crippen LogP contribution is -2.12. The second kappa shape index (κ2) is 6.39. The molecule has 22 heavy (non-hydrogen) atoms. The Morgan fingerprint density at radius 1 is 0.773 bits per heavy atom. The van der Waals surface area contributed by atoms with E-state index in [0.29, 0.717) is 6.04 Å². The van der Waals surface area contributed by atoms with Crippen molar-refractivity contribution in [1.82, 2.24) is 9.97 Å². The van der Waals surface area contributed by atoms with E-state index in [1.54, 1.807) is 12.4 Å². The van der Waals surface area contributed by atoms with Crippen LogP contribution in [-0.4, -0.2) is 16.0 Å².